The maximum atomic E-state index is 4.96. The molecule has 0 unspecified atom stereocenters. The lowest BCUT2D eigenvalue weighted by molar-refractivity contribution is 1.07. The summed E-state index contributed by atoms with van der Waals surface area (Å²) in [7, 11) is 0. The van der Waals surface area contributed by atoms with Crippen molar-refractivity contribution in [3.05, 3.63) is 212 Å². The third-order valence-corrected chi connectivity index (χ3v) is 13.1. The fourth-order valence-electron chi connectivity index (χ4n) is 8.93. The molecule has 12 rings (SSSR count). The highest BCUT2D eigenvalue weighted by Gasteiger charge is 2.16. The van der Waals surface area contributed by atoms with E-state index in [-0.39, 0.29) is 0 Å². The zero-order chi connectivity index (χ0) is 40.3. The number of rotatable bonds is 6. The molecule has 0 atom stereocenters. The third-order valence-electron chi connectivity index (χ3n) is 11.9. The summed E-state index contributed by atoms with van der Waals surface area (Å²) in [5.74, 6) is 1.96. The van der Waals surface area contributed by atoms with Gasteiger partial charge in [0.15, 0.2) is 17.5 Å². The van der Waals surface area contributed by atoms with Crippen molar-refractivity contribution in [1.82, 2.24) is 15.0 Å². The van der Waals surface area contributed by atoms with E-state index in [1.807, 2.05) is 72.0 Å². The van der Waals surface area contributed by atoms with Crippen LogP contribution < -0.4 is 0 Å². The quantitative estimate of drug-likeness (QED) is 0.157. The van der Waals surface area contributed by atoms with Crippen molar-refractivity contribution in [2.75, 3.05) is 0 Å². The molecule has 0 aliphatic carbocycles. The van der Waals surface area contributed by atoms with Crippen molar-refractivity contribution in [3.8, 4) is 67.5 Å². The fraction of sp³-hybridized carbons (Fsp3) is 0. The Labute approximate surface area is 356 Å². The molecule has 0 spiro atoms. The minimum atomic E-state index is 0.650. The van der Waals surface area contributed by atoms with Crippen LogP contribution in [0.2, 0.25) is 0 Å². The molecule has 4 heteroatoms. The van der Waals surface area contributed by atoms with Crippen LogP contribution in [0, 0.1) is 0 Å². The zero-order valence-electron chi connectivity index (χ0n) is 33.0. The molecule has 0 aliphatic heterocycles. The van der Waals surface area contributed by atoms with E-state index in [1.54, 1.807) is 0 Å². The summed E-state index contributed by atoms with van der Waals surface area (Å²) in [5, 5.41) is 10.3. The Balaban J connectivity index is 0.892. The summed E-state index contributed by atoms with van der Waals surface area (Å²) in [6.07, 6.45) is 0. The monoisotopic (exact) mass is 793 g/mol. The van der Waals surface area contributed by atoms with E-state index in [4.69, 9.17) is 15.0 Å². The molecule has 12 aromatic rings. The minimum Gasteiger partial charge on any atom is -0.208 e. The SMILES string of the molecule is c1ccc(-c2nc(-c3ccccc3)nc(-c3ccc(-c4cccc5sc6ccc(-c7ccc(-c8ccc9c%10ccccc%10c%10ccccc%10c9c8)cc7)cc6c45)cc3)n2)cc1. The van der Waals surface area contributed by atoms with Crippen molar-refractivity contribution in [1.29, 1.82) is 0 Å². The third kappa shape index (κ3) is 6.16. The summed E-state index contributed by atoms with van der Waals surface area (Å²) in [6.45, 7) is 0. The molecule has 0 N–H and O–H groups in total. The van der Waals surface area contributed by atoms with Gasteiger partial charge >= 0.3 is 0 Å². The largest absolute Gasteiger partial charge is 0.208 e. The van der Waals surface area contributed by atoms with Gasteiger partial charge in [-0.05, 0) is 90.0 Å². The van der Waals surface area contributed by atoms with E-state index >= 15 is 0 Å². The number of hydrogen-bond donors (Lipinski definition) is 0. The van der Waals surface area contributed by atoms with Crippen LogP contribution in [-0.4, -0.2) is 15.0 Å². The highest BCUT2D eigenvalue weighted by atomic mass is 32.1. The van der Waals surface area contributed by atoms with Crippen LogP contribution in [-0.2, 0) is 0 Å². The summed E-state index contributed by atoms with van der Waals surface area (Å²) >= 11 is 1.85. The highest BCUT2D eigenvalue weighted by molar-refractivity contribution is 7.26. The van der Waals surface area contributed by atoms with Crippen LogP contribution in [0.25, 0.3) is 120 Å². The van der Waals surface area contributed by atoms with Gasteiger partial charge in [0.25, 0.3) is 0 Å². The molecule has 284 valence electrons. The summed E-state index contributed by atoms with van der Waals surface area (Å²) < 4.78 is 2.56. The Hall–Kier alpha value is -7.79. The Bertz CT molecular complexity index is 3520. The minimum absolute atomic E-state index is 0.650. The average Bonchev–Trinajstić information content (AvgIpc) is 3.73. The van der Waals surface area contributed by atoms with Gasteiger partial charge in [0.05, 0.1) is 0 Å². The first-order valence-corrected chi connectivity index (χ1v) is 21.4. The number of nitrogens with zero attached hydrogens (tertiary/aromatic N) is 3. The number of benzene rings is 10. The zero-order valence-corrected chi connectivity index (χ0v) is 33.8. The van der Waals surface area contributed by atoms with Crippen LogP contribution >= 0.6 is 11.3 Å². The van der Waals surface area contributed by atoms with Gasteiger partial charge in [-0.25, -0.2) is 15.0 Å². The Kier molecular flexibility index (Phi) is 8.36. The summed E-state index contributed by atoms with van der Waals surface area (Å²) in [4.78, 5) is 14.8. The van der Waals surface area contributed by atoms with Gasteiger partial charge in [0.2, 0.25) is 0 Å². The fourth-order valence-corrected chi connectivity index (χ4v) is 10.0. The van der Waals surface area contributed by atoms with Crippen LogP contribution in [0.5, 0.6) is 0 Å². The van der Waals surface area contributed by atoms with Crippen molar-refractivity contribution in [2.24, 2.45) is 0 Å². The molecule has 3 nitrogen and oxygen atoms in total. The molecule has 0 fully saturated rings. The lowest BCUT2D eigenvalue weighted by Crippen LogP contribution is -2.00. The number of hydrogen-bond acceptors (Lipinski definition) is 4. The number of fused-ring (bicyclic) bond motifs is 9. The van der Waals surface area contributed by atoms with Crippen LogP contribution in [0.1, 0.15) is 0 Å². The molecular weight excluding hydrogens is 759 g/mol. The van der Waals surface area contributed by atoms with Crippen molar-refractivity contribution >= 4 is 63.8 Å². The first-order chi connectivity index (χ1) is 30.2. The van der Waals surface area contributed by atoms with Crippen LogP contribution in [0.3, 0.4) is 0 Å². The summed E-state index contributed by atoms with van der Waals surface area (Å²) in [5.41, 5.74) is 10.1. The molecule has 61 heavy (non-hydrogen) atoms. The molecule has 0 saturated heterocycles. The molecule has 0 saturated carbocycles. The Morgan fingerprint density at radius 2 is 0.656 bits per heavy atom. The van der Waals surface area contributed by atoms with Crippen LogP contribution in [0.4, 0.5) is 0 Å². The first kappa shape index (κ1) is 35.2. The van der Waals surface area contributed by atoms with Gasteiger partial charge in [-0.3, -0.25) is 0 Å². The van der Waals surface area contributed by atoms with E-state index in [9.17, 15) is 0 Å². The molecular formula is C57H35N3S. The van der Waals surface area contributed by atoms with E-state index in [1.165, 1.54) is 80.3 Å². The Morgan fingerprint density at radius 1 is 0.246 bits per heavy atom. The standard InChI is InChI=1S/C57H35N3S/c1-3-12-39(13-4-1)55-58-56(40-14-5-2-6-15-40)60-57(59-55)41-28-26-38(27-29-41)44-20-11-21-53-54(44)51-35-43(31-33-52(51)61-53)37-24-22-36(23-25-37)42-30-32-49-47-18-8-7-16-45(47)46-17-9-10-19-48(46)50(49)34-42/h1-35H. The van der Waals surface area contributed by atoms with E-state index in [2.05, 4.69) is 152 Å². The maximum Gasteiger partial charge on any atom is 0.164 e. The second-order valence-corrected chi connectivity index (χ2v) is 16.6. The topological polar surface area (TPSA) is 38.7 Å². The molecule has 0 bridgehead atoms. The smallest absolute Gasteiger partial charge is 0.164 e. The van der Waals surface area contributed by atoms with Gasteiger partial charge in [-0.15, -0.1) is 11.3 Å². The molecule has 10 aromatic carbocycles. The highest BCUT2D eigenvalue weighted by Crippen LogP contribution is 2.43. The lowest BCUT2D eigenvalue weighted by Gasteiger charge is -2.12. The predicted molar refractivity (Wildman–Crippen MR) is 258 cm³/mol. The normalized spacial score (nSPS) is 11.6. The molecule has 0 amide bonds. The predicted octanol–water partition coefficient (Wildman–Crippen LogP) is 15.7. The second kappa shape index (κ2) is 14.5. The second-order valence-electron chi connectivity index (χ2n) is 15.5. The number of thiophene rings is 1. The molecule has 2 heterocycles. The first-order valence-electron chi connectivity index (χ1n) is 20.6. The van der Waals surface area contributed by atoms with Gasteiger partial charge in [0, 0.05) is 36.9 Å². The van der Waals surface area contributed by atoms with Crippen molar-refractivity contribution < 1.29 is 0 Å². The number of aromatic nitrogens is 3. The maximum absolute atomic E-state index is 4.96. The Morgan fingerprint density at radius 3 is 1.21 bits per heavy atom. The van der Waals surface area contributed by atoms with E-state index in [0.29, 0.717) is 17.5 Å². The van der Waals surface area contributed by atoms with Crippen molar-refractivity contribution in [2.45, 2.75) is 0 Å². The average molecular weight is 794 g/mol. The lowest BCUT2D eigenvalue weighted by atomic mass is 9.91. The van der Waals surface area contributed by atoms with E-state index < -0.39 is 0 Å². The van der Waals surface area contributed by atoms with E-state index in [0.717, 1.165) is 22.3 Å². The summed E-state index contributed by atoms with van der Waals surface area (Å²) in [6, 6.07) is 76.0. The molecule has 0 radical (unpaired) electrons. The van der Waals surface area contributed by atoms with Gasteiger partial charge in [0.1, 0.15) is 0 Å². The molecule has 2 aromatic heterocycles. The van der Waals surface area contributed by atoms with Gasteiger partial charge in [-0.1, -0.05) is 188 Å². The van der Waals surface area contributed by atoms with Crippen LogP contribution in [0.15, 0.2) is 212 Å². The van der Waals surface area contributed by atoms with Gasteiger partial charge in [-0.2, -0.15) is 0 Å². The molecule has 0 aliphatic rings. The van der Waals surface area contributed by atoms with Crippen molar-refractivity contribution in [3.63, 3.8) is 0 Å². The van der Waals surface area contributed by atoms with Gasteiger partial charge < -0.3 is 0 Å².